The van der Waals surface area contributed by atoms with Gasteiger partial charge in [0.25, 0.3) is 5.69 Å². The highest BCUT2D eigenvalue weighted by Gasteiger charge is 2.33. The fourth-order valence-electron chi connectivity index (χ4n) is 2.28. The number of methoxy groups -OCH3 is 1. The van der Waals surface area contributed by atoms with Gasteiger partial charge in [-0.3, -0.25) is 19.7 Å². The van der Waals surface area contributed by atoms with Crippen LogP contribution in [0.15, 0.2) is 24.3 Å². The van der Waals surface area contributed by atoms with Gasteiger partial charge in [-0.15, -0.1) is 0 Å². The van der Waals surface area contributed by atoms with Crippen LogP contribution in [-0.4, -0.2) is 48.4 Å². The van der Waals surface area contributed by atoms with Crippen molar-refractivity contribution >= 4 is 23.2 Å². The van der Waals surface area contributed by atoms with Gasteiger partial charge in [-0.1, -0.05) is 0 Å². The highest BCUT2D eigenvalue weighted by molar-refractivity contribution is 5.97. The average molecular weight is 307 g/mol. The fourth-order valence-corrected chi connectivity index (χ4v) is 2.28. The van der Waals surface area contributed by atoms with E-state index in [1.165, 1.54) is 24.3 Å². The summed E-state index contributed by atoms with van der Waals surface area (Å²) in [5.74, 6) is -0.748. The minimum atomic E-state index is -0.505. The van der Waals surface area contributed by atoms with Crippen LogP contribution in [0, 0.1) is 16.0 Å². The van der Waals surface area contributed by atoms with Crippen LogP contribution < -0.4 is 5.32 Å². The smallest absolute Gasteiger partial charge is 0.269 e. The van der Waals surface area contributed by atoms with E-state index in [0.717, 1.165) is 0 Å². The Hall–Kier alpha value is -2.48. The van der Waals surface area contributed by atoms with E-state index in [2.05, 4.69) is 5.32 Å². The monoisotopic (exact) mass is 307 g/mol. The third kappa shape index (κ3) is 3.79. The van der Waals surface area contributed by atoms with Gasteiger partial charge in [0.15, 0.2) is 0 Å². The number of nitrogens with zero attached hydrogens (tertiary/aromatic N) is 2. The van der Waals surface area contributed by atoms with Gasteiger partial charge in [0.05, 0.1) is 17.4 Å². The molecule has 1 aliphatic rings. The minimum absolute atomic E-state index is 0.0419. The molecule has 118 valence electrons. The molecule has 0 bridgehead atoms. The zero-order valence-corrected chi connectivity index (χ0v) is 12.2. The van der Waals surface area contributed by atoms with Gasteiger partial charge in [-0.25, -0.2) is 0 Å². The number of nitro benzene ring substituents is 1. The second-order valence-electron chi connectivity index (χ2n) is 5.03. The number of carbonyl (C=O) groups excluding carboxylic acids is 2. The summed E-state index contributed by atoms with van der Waals surface area (Å²) < 4.78 is 4.92. The zero-order valence-electron chi connectivity index (χ0n) is 12.2. The number of hydrogen-bond donors (Lipinski definition) is 1. The summed E-state index contributed by atoms with van der Waals surface area (Å²) in [6, 6.07) is 5.58. The van der Waals surface area contributed by atoms with Crippen molar-refractivity contribution in [1.82, 2.24) is 4.90 Å². The van der Waals surface area contributed by atoms with Crippen molar-refractivity contribution in [3.8, 4) is 0 Å². The molecular formula is C14H17N3O5. The van der Waals surface area contributed by atoms with Crippen molar-refractivity contribution in [1.29, 1.82) is 0 Å². The van der Waals surface area contributed by atoms with Crippen LogP contribution in [-0.2, 0) is 14.3 Å². The predicted molar refractivity (Wildman–Crippen MR) is 78.3 cm³/mol. The van der Waals surface area contributed by atoms with Crippen molar-refractivity contribution in [2.24, 2.45) is 5.92 Å². The third-order valence-corrected chi connectivity index (χ3v) is 3.50. The molecular weight excluding hydrogens is 290 g/mol. The first-order valence-electron chi connectivity index (χ1n) is 6.83. The van der Waals surface area contributed by atoms with Crippen LogP contribution in [0.5, 0.6) is 0 Å². The molecule has 2 amide bonds. The molecule has 0 aliphatic carbocycles. The van der Waals surface area contributed by atoms with Crippen LogP contribution in [0.3, 0.4) is 0 Å². The molecule has 1 heterocycles. The molecule has 8 nitrogen and oxygen atoms in total. The molecule has 1 unspecified atom stereocenters. The van der Waals surface area contributed by atoms with Gasteiger partial charge in [-0.05, 0) is 12.1 Å². The molecule has 1 aromatic carbocycles. The lowest BCUT2D eigenvalue weighted by molar-refractivity contribution is -0.384. The first-order chi connectivity index (χ1) is 10.5. The first kappa shape index (κ1) is 15.9. The molecule has 1 aliphatic heterocycles. The van der Waals surface area contributed by atoms with E-state index in [1.54, 1.807) is 12.0 Å². The van der Waals surface area contributed by atoms with E-state index in [9.17, 15) is 19.7 Å². The van der Waals surface area contributed by atoms with Crippen LogP contribution in [0.25, 0.3) is 0 Å². The Balaban J connectivity index is 1.92. The zero-order chi connectivity index (χ0) is 16.1. The number of nitrogens with one attached hydrogen (secondary N) is 1. The lowest BCUT2D eigenvalue weighted by Crippen LogP contribution is -2.30. The second kappa shape index (κ2) is 6.99. The molecule has 1 atom stereocenters. The summed E-state index contributed by atoms with van der Waals surface area (Å²) >= 11 is 0. The molecule has 1 saturated heterocycles. The van der Waals surface area contributed by atoms with E-state index in [0.29, 0.717) is 25.4 Å². The van der Waals surface area contributed by atoms with Gasteiger partial charge < -0.3 is 15.0 Å². The Morgan fingerprint density at radius 2 is 2.14 bits per heavy atom. The van der Waals surface area contributed by atoms with Gasteiger partial charge >= 0.3 is 0 Å². The molecule has 0 radical (unpaired) electrons. The Kier molecular flexibility index (Phi) is 5.05. The Labute approximate surface area is 127 Å². The second-order valence-corrected chi connectivity index (χ2v) is 5.03. The number of hydrogen-bond acceptors (Lipinski definition) is 5. The van der Waals surface area contributed by atoms with Crippen molar-refractivity contribution < 1.29 is 19.2 Å². The number of carbonyl (C=O) groups is 2. The largest absolute Gasteiger partial charge is 0.383 e. The lowest BCUT2D eigenvalue weighted by atomic mass is 10.1. The SMILES string of the molecule is COCCN1CC(C(=O)Nc2ccc([N+](=O)[O-])cc2)CC1=O. The van der Waals surface area contributed by atoms with Crippen LogP contribution in [0.4, 0.5) is 11.4 Å². The van der Waals surface area contributed by atoms with Crippen molar-refractivity contribution in [3.63, 3.8) is 0 Å². The molecule has 0 saturated carbocycles. The Morgan fingerprint density at radius 3 is 2.73 bits per heavy atom. The number of benzene rings is 1. The number of non-ortho nitro benzene ring substituents is 1. The normalized spacial score (nSPS) is 17.6. The number of rotatable bonds is 6. The highest BCUT2D eigenvalue weighted by atomic mass is 16.6. The topological polar surface area (TPSA) is 102 Å². The average Bonchev–Trinajstić information content (AvgIpc) is 2.87. The van der Waals surface area contributed by atoms with E-state index in [1.807, 2.05) is 0 Å². The van der Waals surface area contributed by atoms with E-state index >= 15 is 0 Å². The number of anilines is 1. The minimum Gasteiger partial charge on any atom is -0.383 e. The molecule has 1 aromatic rings. The van der Waals surface area contributed by atoms with E-state index in [-0.39, 0.29) is 23.9 Å². The quantitative estimate of drug-likeness (QED) is 0.624. The van der Waals surface area contributed by atoms with E-state index < -0.39 is 10.8 Å². The summed E-state index contributed by atoms with van der Waals surface area (Å²) in [4.78, 5) is 35.6. The fraction of sp³-hybridized carbons (Fsp3) is 0.429. The maximum absolute atomic E-state index is 12.1. The summed E-state index contributed by atoms with van der Waals surface area (Å²) in [5.41, 5.74) is 0.429. The number of amides is 2. The van der Waals surface area contributed by atoms with Crippen LogP contribution >= 0.6 is 0 Å². The molecule has 1 fully saturated rings. The molecule has 22 heavy (non-hydrogen) atoms. The van der Waals surface area contributed by atoms with Crippen LogP contribution in [0.1, 0.15) is 6.42 Å². The lowest BCUT2D eigenvalue weighted by Gasteiger charge is -2.15. The van der Waals surface area contributed by atoms with Gasteiger partial charge in [0.2, 0.25) is 11.8 Å². The molecule has 1 N–H and O–H groups in total. The maximum Gasteiger partial charge on any atom is 0.269 e. The standard InChI is InChI=1S/C14H17N3O5/c1-22-7-6-16-9-10(8-13(16)18)14(19)15-11-2-4-12(5-3-11)17(20)21/h2-5,10H,6-9H2,1H3,(H,15,19). The number of likely N-dealkylation sites (tertiary alicyclic amines) is 1. The number of nitro groups is 1. The number of ether oxygens (including phenoxy) is 1. The van der Waals surface area contributed by atoms with E-state index in [4.69, 9.17) is 4.74 Å². The van der Waals surface area contributed by atoms with Crippen molar-refractivity contribution in [2.45, 2.75) is 6.42 Å². The molecule has 8 heteroatoms. The maximum atomic E-state index is 12.1. The highest BCUT2D eigenvalue weighted by Crippen LogP contribution is 2.21. The predicted octanol–water partition coefficient (Wildman–Crippen LogP) is 1.03. The third-order valence-electron chi connectivity index (χ3n) is 3.50. The van der Waals surface area contributed by atoms with Crippen LogP contribution in [0.2, 0.25) is 0 Å². The summed E-state index contributed by atoms with van der Waals surface area (Å²) in [6.45, 7) is 1.26. The first-order valence-corrected chi connectivity index (χ1v) is 6.83. The van der Waals surface area contributed by atoms with Gasteiger partial charge in [-0.2, -0.15) is 0 Å². The summed E-state index contributed by atoms with van der Waals surface area (Å²) in [7, 11) is 1.55. The van der Waals surface area contributed by atoms with Gasteiger partial charge in [0.1, 0.15) is 0 Å². The Bertz CT molecular complexity index is 572. The molecule has 2 rings (SSSR count). The molecule has 0 spiro atoms. The summed E-state index contributed by atoms with van der Waals surface area (Å²) in [6.07, 6.45) is 0.169. The van der Waals surface area contributed by atoms with Crippen molar-refractivity contribution in [3.05, 3.63) is 34.4 Å². The molecule has 0 aromatic heterocycles. The summed E-state index contributed by atoms with van der Waals surface area (Å²) in [5, 5.41) is 13.2. The Morgan fingerprint density at radius 1 is 1.45 bits per heavy atom. The van der Waals surface area contributed by atoms with Gasteiger partial charge in [0, 0.05) is 44.4 Å². The van der Waals surface area contributed by atoms with Crippen molar-refractivity contribution in [2.75, 3.05) is 32.1 Å².